The first kappa shape index (κ1) is 13.0. The molecule has 13 heavy (non-hydrogen) atoms. The van der Waals surface area contributed by atoms with Gasteiger partial charge in [0.25, 0.3) is 0 Å². The summed E-state index contributed by atoms with van der Waals surface area (Å²) >= 11 is 0. The lowest BCUT2D eigenvalue weighted by atomic mass is 9.93. The van der Waals surface area contributed by atoms with E-state index in [0.29, 0.717) is 12.2 Å². The molecule has 0 rings (SSSR count). The largest absolute Gasteiger partial charge is 0.375 e. The summed E-state index contributed by atoms with van der Waals surface area (Å²) in [4.78, 5) is 0. The summed E-state index contributed by atoms with van der Waals surface area (Å²) in [5.74, 6) is 0.752. The zero-order valence-corrected chi connectivity index (χ0v) is 9.97. The van der Waals surface area contributed by atoms with Crippen LogP contribution in [0, 0.1) is 5.92 Å². The van der Waals surface area contributed by atoms with E-state index in [1.165, 1.54) is 25.7 Å². The zero-order chi connectivity index (χ0) is 10.3. The van der Waals surface area contributed by atoms with Crippen LogP contribution >= 0.6 is 0 Å². The van der Waals surface area contributed by atoms with Gasteiger partial charge in [0.2, 0.25) is 0 Å². The maximum absolute atomic E-state index is 5.93. The van der Waals surface area contributed by atoms with Crippen LogP contribution in [0.15, 0.2) is 0 Å². The van der Waals surface area contributed by atoms with E-state index < -0.39 is 0 Å². The van der Waals surface area contributed by atoms with Gasteiger partial charge in [-0.2, -0.15) is 0 Å². The molecule has 1 atom stereocenters. The summed E-state index contributed by atoms with van der Waals surface area (Å²) in [6, 6.07) is 0. The van der Waals surface area contributed by atoms with Crippen LogP contribution in [-0.2, 0) is 4.74 Å². The second kappa shape index (κ2) is 7.37. The summed E-state index contributed by atoms with van der Waals surface area (Å²) in [5.41, 5.74) is 0. The molecule has 0 aliphatic rings. The lowest BCUT2D eigenvalue weighted by Crippen LogP contribution is -2.26. The molecular weight excluding hydrogens is 160 g/mol. The maximum Gasteiger partial charge on any atom is 0.0606 e. The van der Waals surface area contributed by atoms with Gasteiger partial charge < -0.3 is 4.74 Å². The fraction of sp³-hybridized carbons (Fsp3) is 1.00. The summed E-state index contributed by atoms with van der Waals surface area (Å²) in [5, 5.41) is 0. The Morgan fingerprint density at radius 1 is 1.00 bits per heavy atom. The van der Waals surface area contributed by atoms with E-state index in [2.05, 4.69) is 34.6 Å². The topological polar surface area (TPSA) is 9.23 Å². The molecule has 0 aromatic heterocycles. The van der Waals surface area contributed by atoms with Gasteiger partial charge in [0.05, 0.1) is 12.2 Å². The van der Waals surface area contributed by atoms with E-state index in [-0.39, 0.29) is 0 Å². The second-order valence-corrected chi connectivity index (χ2v) is 4.09. The first-order valence-electron chi connectivity index (χ1n) is 5.81. The van der Waals surface area contributed by atoms with E-state index in [1.807, 2.05) is 0 Å². The van der Waals surface area contributed by atoms with E-state index in [9.17, 15) is 0 Å². The Kier molecular flexibility index (Phi) is 7.35. The van der Waals surface area contributed by atoms with Crippen LogP contribution in [0.25, 0.3) is 0 Å². The highest BCUT2D eigenvalue weighted by molar-refractivity contribution is 4.68. The van der Waals surface area contributed by atoms with Gasteiger partial charge in [0.15, 0.2) is 0 Å². The lowest BCUT2D eigenvalue weighted by Gasteiger charge is -2.27. The number of rotatable bonds is 7. The fourth-order valence-corrected chi connectivity index (χ4v) is 1.86. The average Bonchev–Trinajstić information content (AvgIpc) is 2.05. The van der Waals surface area contributed by atoms with Gasteiger partial charge in [-0.25, -0.2) is 0 Å². The Bertz CT molecular complexity index is 106. The Morgan fingerprint density at radius 3 is 1.85 bits per heavy atom. The molecular formula is C12H26O. The van der Waals surface area contributed by atoms with Crippen LogP contribution in [0.2, 0.25) is 0 Å². The van der Waals surface area contributed by atoms with Crippen molar-refractivity contribution in [2.45, 2.75) is 72.5 Å². The van der Waals surface area contributed by atoms with E-state index >= 15 is 0 Å². The van der Waals surface area contributed by atoms with Crippen molar-refractivity contribution >= 4 is 0 Å². The predicted molar refractivity (Wildman–Crippen MR) is 59.0 cm³/mol. The quantitative estimate of drug-likeness (QED) is 0.583. The first-order chi connectivity index (χ1) is 6.15. The minimum absolute atomic E-state index is 0.372. The number of hydrogen-bond acceptors (Lipinski definition) is 1. The molecule has 0 spiro atoms. The highest BCUT2D eigenvalue weighted by Crippen LogP contribution is 2.21. The molecule has 1 unspecified atom stereocenters. The van der Waals surface area contributed by atoms with Gasteiger partial charge in [-0.05, 0) is 26.2 Å². The fourth-order valence-electron chi connectivity index (χ4n) is 1.86. The van der Waals surface area contributed by atoms with Gasteiger partial charge in [-0.1, -0.05) is 40.0 Å². The Hall–Kier alpha value is -0.0400. The summed E-state index contributed by atoms with van der Waals surface area (Å²) in [6.07, 6.45) is 5.79. The SMILES string of the molecule is CCCC(OC(C)C)C(CC)CC. The molecule has 0 bridgehead atoms. The van der Waals surface area contributed by atoms with Crippen molar-refractivity contribution in [3.05, 3.63) is 0 Å². The molecule has 0 aliphatic heterocycles. The molecule has 1 heteroatoms. The van der Waals surface area contributed by atoms with Crippen molar-refractivity contribution in [2.24, 2.45) is 5.92 Å². The smallest absolute Gasteiger partial charge is 0.0606 e. The third kappa shape index (κ3) is 5.30. The van der Waals surface area contributed by atoms with Crippen molar-refractivity contribution < 1.29 is 4.74 Å². The third-order valence-corrected chi connectivity index (χ3v) is 2.59. The van der Waals surface area contributed by atoms with Gasteiger partial charge in [-0.15, -0.1) is 0 Å². The number of ether oxygens (including phenoxy) is 1. The molecule has 1 nitrogen and oxygen atoms in total. The highest BCUT2D eigenvalue weighted by atomic mass is 16.5. The predicted octanol–water partition coefficient (Wildman–Crippen LogP) is 4.02. The Labute approximate surface area is 83.9 Å². The molecule has 0 N–H and O–H groups in total. The van der Waals surface area contributed by atoms with E-state index in [1.54, 1.807) is 0 Å². The Morgan fingerprint density at radius 2 is 1.54 bits per heavy atom. The zero-order valence-electron chi connectivity index (χ0n) is 9.97. The van der Waals surface area contributed by atoms with Crippen LogP contribution < -0.4 is 0 Å². The minimum atomic E-state index is 0.372. The molecule has 0 radical (unpaired) electrons. The molecule has 80 valence electrons. The first-order valence-corrected chi connectivity index (χ1v) is 5.81. The van der Waals surface area contributed by atoms with Gasteiger partial charge >= 0.3 is 0 Å². The van der Waals surface area contributed by atoms with Crippen LogP contribution in [0.1, 0.15) is 60.3 Å². The van der Waals surface area contributed by atoms with Crippen molar-refractivity contribution in [3.63, 3.8) is 0 Å². The highest BCUT2D eigenvalue weighted by Gasteiger charge is 2.18. The monoisotopic (exact) mass is 186 g/mol. The molecule has 0 aromatic rings. The Balaban J connectivity index is 4.03. The van der Waals surface area contributed by atoms with Crippen molar-refractivity contribution in [2.75, 3.05) is 0 Å². The second-order valence-electron chi connectivity index (χ2n) is 4.09. The molecule has 0 saturated heterocycles. The van der Waals surface area contributed by atoms with Gasteiger partial charge in [0.1, 0.15) is 0 Å². The summed E-state index contributed by atoms with van der Waals surface area (Å²) in [6.45, 7) is 11.0. The van der Waals surface area contributed by atoms with Crippen LogP contribution in [0.3, 0.4) is 0 Å². The standard InChI is InChI=1S/C12H26O/c1-6-9-12(13-10(4)5)11(7-2)8-3/h10-12H,6-9H2,1-5H3. The lowest BCUT2D eigenvalue weighted by molar-refractivity contribution is -0.0331. The number of hydrogen-bond donors (Lipinski definition) is 0. The van der Waals surface area contributed by atoms with E-state index in [4.69, 9.17) is 4.74 Å². The summed E-state index contributed by atoms with van der Waals surface area (Å²) in [7, 11) is 0. The molecule has 0 fully saturated rings. The molecule has 0 aromatic carbocycles. The van der Waals surface area contributed by atoms with Crippen molar-refractivity contribution in [1.29, 1.82) is 0 Å². The normalized spacial score (nSPS) is 14.1. The van der Waals surface area contributed by atoms with E-state index in [0.717, 1.165) is 5.92 Å². The minimum Gasteiger partial charge on any atom is -0.375 e. The van der Waals surface area contributed by atoms with Crippen LogP contribution in [0.5, 0.6) is 0 Å². The molecule has 0 aliphatic carbocycles. The summed E-state index contributed by atoms with van der Waals surface area (Å²) < 4.78 is 5.93. The van der Waals surface area contributed by atoms with Crippen LogP contribution in [-0.4, -0.2) is 12.2 Å². The molecule has 0 amide bonds. The molecule has 0 saturated carbocycles. The maximum atomic E-state index is 5.93. The van der Waals surface area contributed by atoms with Crippen molar-refractivity contribution in [1.82, 2.24) is 0 Å². The van der Waals surface area contributed by atoms with Gasteiger partial charge in [0, 0.05) is 0 Å². The van der Waals surface area contributed by atoms with Crippen molar-refractivity contribution in [3.8, 4) is 0 Å². The molecule has 0 heterocycles. The average molecular weight is 186 g/mol. The van der Waals surface area contributed by atoms with Crippen LogP contribution in [0.4, 0.5) is 0 Å². The third-order valence-electron chi connectivity index (χ3n) is 2.59. The van der Waals surface area contributed by atoms with Gasteiger partial charge in [-0.3, -0.25) is 0 Å².